The molecule has 0 aliphatic heterocycles. The summed E-state index contributed by atoms with van der Waals surface area (Å²) >= 11 is 0. The number of rotatable bonds is 30. The van der Waals surface area contributed by atoms with E-state index in [-0.39, 0.29) is 88.8 Å². The lowest BCUT2D eigenvalue weighted by atomic mass is 10.1. The second kappa shape index (κ2) is 29.7. The molecule has 0 saturated carbocycles. The monoisotopic (exact) mass is 907 g/mol. The number of amides is 6. The van der Waals surface area contributed by atoms with Gasteiger partial charge in [0, 0.05) is 52.4 Å². The van der Waals surface area contributed by atoms with Crippen LogP contribution in [0.3, 0.4) is 0 Å². The minimum atomic E-state index is -1.19. The Morgan fingerprint density at radius 2 is 0.703 bits per heavy atom. The fourth-order valence-corrected chi connectivity index (χ4v) is 5.35. The van der Waals surface area contributed by atoms with Gasteiger partial charge in [-0.3, -0.25) is 48.7 Å². The Morgan fingerprint density at radius 1 is 0.438 bits per heavy atom. The minimum absolute atomic E-state index is 0.00984. The number of carbonyl (C=O) groups is 6. The smallest absolute Gasteiger partial charge is 0.274 e. The molecule has 4 unspecified atom stereocenters. The lowest BCUT2D eigenvalue weighted by molar-refractivity contribution is -0.124. The second-order valence-corrected chi connectivity index (χ2v) is 13.9. The second-order valence-electron chi connectivity index (χ2n) is 13.9. The zero-order valence-electron chi connectivity index (χ0n) is 35.7. The number of guanidine groups is 4. The highest BCUT2D eigenvalue weighted by molar-refractivity contribution is 6.03. The van der Waals surface area contributed by atoms with Crippen molar-refractivity contribution >= 4 is 70.9 Å². The number of nitrogens with one attached hydrogen (secondary N) is 6. The molecule has 0 saturated heterocycles. The van der Waals surface area contributed by atoms with Crippen LogP contribution < -0.4 is 101 Å². The van der Waals surface area contributed by atoms with Crippen molar-refractivity contribution in [3.63, 3.8) is 0 Å². The quantitative estimate of drug-likeness (QED) is 0.0194. The van der Waals surface area contributed by atoms with Gasteiger partial charge in [0.05, 0.1) is 12.1 Å². The van der Waals surface area contributed by atoms with Gasteiger partial charge < -0.3 is 101 Å². The molecule has 64 heavy (non-hydrogen) atoms. The number of hydrogen-bond donors (Lipinski definition) is 18. The fourth-order valence-electron chi connectivity index (χ4n) is 5.35. The predicted molar refractivity (Wildman–Crippen MR) is 241 cm³/mol. The van der Waals surface area contributed by atoms with Gasteiger partial charge in [0.15, 0.2) is 46.9 Å². The van der Waals surface area contributed by atoms with E-state index in [1.807, 2.05) is 0 Å². The van der Waals surface area contributed by atoms with E-state index >= 15 is 0 Å². The third-order valence-electron chi connectivity index (χ3n) is 8.57. The van der Waals surface area contributed by atoms with Crippen molar-refractivity contribution in [2.45, 2.75) is 75.5 Å². The van der Waals surface area contributed by atoms with Crippen LogP contribution in [-0.2, 0) is 19.2 Å². The molecule has 0 aliphatic carbocycles. The van der Waals surface area contributed by atoms with Gasteiger partial charge in [-0.1, -0.05) is 0 Å². The van der Waals surface area contributed by atoms with E-state index < -0.39 is 82.6 Å². The Labute approximate surface area is 369 Å². The standard InChI is InChI=1S/C34H66N24O6/c35-17(5-1-9-51-31(39)40)25(59)47-13-15-49-27(61)19(7-3-11-53-33(43)44)55-29(63)21-23(37)58-22(24(38)57-21)30(64)56-20(8-4-12-54-34(45)46)28(62)50-16-14-48-26(60)18(36)6-2-10-52-32(41)42/h17-20H,1-16,35-36H2,(H2,38,57)(H2,37,58)(H,47,59)(H,48,60)(H,49,61)(H,50,62)(H,55,63)(H,56,64)(H4,39,40,51)(H4,41,42,52)(H4,43,44,53)(H4,45,46,54). The lowest BCUT2D eigenvalue weighted by Gasteiger charge is -2.20. The summed E-state index contributed by atoms with van der Waals surface area (Å²) in [5, 5.41) is 15.5. The number of anilines is 2. The molecule has 0 spiro atoms. The highest BCUT2D eigenvalue weighted by Crippen LogP contribution is 2.15. The van der Waals surface area contributed by atoms with Crippen molar-refractivity contribution < 1.29 is 28.8 Å². The van der Waals surface area contributed by atoms with Crippen LogP contribution in [0.2, 0.25) is 0 Å². The van der Waals surface area contributed by atoms with E-state index in [2.05, 4.69) is 61.8 Å². The van der Waals surface area contributed by atoms with Crippen molar-refractivity contribution in [3.8, 4) is 0 Å². The van der Waals surface area contributed by atoms with Gasteiger partial charge in [-0.05, 0) is 51.4 Å². The average molecular weight is 907 g/mol. The first-order valence-corrected chi connectivity index (χ1v) is 20.1. The molecule has 0 aliphatic rings. The van der Waals surface area contributed by atoms with Crippen LogP contribution in [0.25, 0.3) is 0 Å². The molecule has 1 heterocycles. The zero-order valence-corrected chi connectivity index (χ0v) is 35.7. The normalized spacial score (nSPS) is 12.4. The van der Waals surface area contributed by atoms with Gasteiger partial charge in [0.2, 0.25) is 23.6 Å². The van der Waals surface area contributed by atoms with Crippen LogP contribution in [-0.4, -0.2) is 146 Å². The largest absolute Gasteiger partial charge is 0.382 e. The Balaban J connectivity index is 3.01. The molecular weight excluding hydrogens is 841 g/mol. The molecule has 0 fully saturated rings. The molecule has 1 rings (SSSR count). The summed E-state index contributed by atoms with van der Waals surface area (Å²) < 4.78 is 0. The summed E-state index contributed by atoms with van der Waals surface area (Å²) in [5.74, 6) is -5.71. The lowest BCUT2D eigenvalue weighted by Crippen LogP contribution is -2.50. The third kappa shape index (κ3) is 22.9. The SMILES string of the molecule is NC(N)=NCCCC(N)C(=O)NCCNC(=O)C(CCCN=C(N)N)NC(=O)c1nc(N)c(C(=O)NC(CCCN=C(N)N)C(=O)NCCNC(=O)C(N)CCCN=C(N)N)nc1N. The van der Waals surface area contributed by atoms with E-state index in [9.17, 15) is 28.8 Å². The number of hydrogen-bond acceptors (Lipinski definition) is 16. The molecule has 4 atom stereocenters. The van der Waals surface area contributed by atoms with E-state index in [1.165, 1.54) is 0 Å². The van der Waals surface area contributed by atoms with Crippen LogP contribution in [0.5, 0.6) is 0 Å². The Hall–Kier alpha value is -7.50. The number of nitrogen functional groups attached to an aromatic ring is 2. The van der Waals surface area contributed by atoms with Crippen molar-refractivity contribution in [1.82, 2.24) is 41.9 Å². The maximum Gasteiger partial charge on any atom is 0.274 e. The van der Waals surface area contributed by atoms with E-state index in [1.54, 1.807) is 0 Å². The zero-order chi connectivity index (χ0) is 48.2. The maximum absolute atomic E-state index is 13.4. The van der Waals surface area contributed by atoms with Crippen LogP contribution in [0.4, 0.5) is 11.6 Å². The summed E-state index contributed by atoms with van der Waals surface area (Å²) in [6, 6.07) is -4.05. The molecule has 6 amide bonds. The first-order valence-electron chi connectivity index (χ1n) is 20.1. The van der Waals surface area contributed by atoms with Crippen molar-refractivity contribution in [2.75, 3.05) is 63.8 Å². The number of nitrogens with zero attached hydrogens (tertiary/aromatic N) is 6. The summed E-state index contributed by atoms with van der Waals surface area (Å²) in [6.07, 6.45) is 2.14. The average Bonchev–Trinajstić information content (AvgIpc) is 3.22. The fraction of sp³-hybridized carbons (Fsp3) is 0.588. The number of nitrogens with two attached hydrogens (primary N) is 12. The molecule has 358 valence electrons. The van der Waals surface area contributed by atoms with Gasteiger partial charge in [0.25, 0.3) is 11.8 Å². The van der Waals surface area contributed by atoms with Gasteiger partial charge in [0.1, 0.15) is 12.1 Å². The van der Waals surface area contributed by atoms with Crippen molar-refractivity contribution in [3.05, 3.63) is 11.4 Å². The van der Waals surface area contributed by atoms with Crippen LogP contribution in [0.1, 0.15) is 72.3 Å². The van der Waals surface area contributed by atoms with Crippen molar-refractivity contribution in [1.29, 1.82) is 0 Å². The summed E-state index contributed by atoms with van der Waals surface area (Å²) in [7, 11) is 0. The topological polar surface area (TPSA) is 562 Å². The third-order valence-corrected chi connectivity index (χ3v) is 8.57. The highest BCUT2D eigenvalue weighted by atomic mass is 16.2. The Morgan fingerprint density at radius 3 is 0.984 bits per heavy atom. The molecule has 0 radical (unpaired) electrons. The van der Waals surface area contributed by atoms with E-state index in [0.717, 1.165) is 0 Å². The number of aromatic nitrogens is 2. The van der Waals surface area contributed by atoms with Crippen LogP contribution >= 0.6 is 0 Å². The highest BCUT2D eigenvalue weighted by Gasteiger charge is 2.28. The molecule has 0 aromatic carbocycles. The minimum Gasteiger partial charge on any atom is -0.382 e. The molecule has 0 bridgehead atoms. The number of aliphatic imine (C=N–C) groups is 4. The summed E-state index contributed by atoms with van der Waals surface area (Å²) in [4.78, 5) is 101. The molecular formula is C34H66N24O6. The number of carbonyl (C=O) groups excluding carboxylic acids is 6. The van der Waals surface area contributed by atoms with Crippen LogP contribution in [0, 0.1) is 0 Å². The van der Waals surface area contributed by atoms with E-state index in [0.29, 0.717) is 38.8 Å². The van der Waals surface area contributed by atoms with Gasteiger partial charge in [-0.15, -0.1) is 0 Å². The first-order chi connectivity index (χ1) is 30.2. The first kappa shape index (κ1) is 54.5. The molecule has 1 aromatic heterocycles. The predicted octanol–water partition coefficient (Wildman–Crippen LogP) is -8.83. The van der Waals surface area contributed by atoms with Crippen molar-refractivity contribution in [2.24, 2.45) is 77.3 Å². The van der Waals surface area contributed by atoms with E-state index in [4.69, 9.17) is 68.8 Å². The Kier molecular flexibility index (Phi) is 25.3. The molecule has 1 aromatic rings. The van der Waals surface area contributed by atoms with Gasteiger partial charge in [-0.2, -0.15) is 0 Å². The van der Waals surface area contributed by atoms with Crippen LogP contribution in [0.15, 0.2) is 20.0 Å². The summed E-state index contributed by atoms with van der Waals surface area (Å²) in [6.45, 7) is 0.807. The maximum atomic E-state index is 13.4. The summed E-state index contributed by atoms with van der Waals surface area (Å²) in [5.41, 5.74) is 65.6. The Bertz CT molecular complexity index is 1690. The molecule has 30 heteroatoms. The van der Waals surface area contributed by atoms with Gasteiger partial charge in [-0.25, -0.2) is 9.97 Å². The van der Waals surface area contributed by atoms with Gasteiger partial charge >= 0.3 is 0 Å². The molecule has 30 nitrogen and oxygen atoms in total. The molecule has 30 N–H and O–H groups in total.